The largest absolute Gasteiger partial charge is 0.364 e. The smallest absolute Gasteiger partial charge is 0.0991 e. The van der Waals surface area contributed by atoms with Gasteiger partial charge in [-0.15, -0.1) is 0 Å². The van der Waals surface area contributed by atoms with E-state index in [9.17, 15) is 0 Å². The van der Waals surface area contributed by atoms with Gasteiger partial charge >= 0.3 is 0 Å². The van der Waals surface area contributed by atoms with E-state index >= 15 is 0 Å². The molecule has 1 fully saturated rings. The molecule has 1 aliphatic rings. The number of anilines is 1. The van der Waals surface area contributed by atoms with Gasteiger partial charge in [0.2, 0.25) is 0 Å². The molecule has 2 rings (SSSR count). The van der Waals surface area contributed by atoms with Crippen LogP contribution in [0.15, 0.2) is 24.3 Å². The van der Waals surface area contributed by atoms with Crippen LogP contribution in [0.4, 0.5) is 5.69 Å². The van der Waals surface area contributed by atoms with E-state index in [1.807, 2.05) is 24.3 Å². The Morgan fingerprint density at radius 2 is 1.75 bits per heavy atom. The molecule has 1 aromatic rings. The molecule has 1 saturated heterocycles. The van der Waals surface area contributed by atoms with Crippen molar-refractivity contribution in [3.05, 3.63) is 29.8 Å². The number of benzene rings is 1. The molecule has 0 unspecified atom stereocenters. The predicted molar refractivity (Wildman–Crippen MR) is 65.4 cm³/mol. The maximum atomic E-state index is 8.77. The van der Waals surface area contributed by atoms with E-state index in [2.05, 4.69) is 30.1 Å². The fraction of sp³-hybridized carbons (Fsp3) is 0.462. The van der Waals surface area contributed by atoms with Gasteiger partial charge in [-0.05, 0) is 38.1 Å². The second-order valence-corrected chi connectivity index (χ2v) is 4.42. The number of nitrogens with zero attached hydrogens (tertiary/aromatic N) is 2. The summed E-state index contributed by atoms with van der Waals surface area (Å²) in [5, 5.41) is 12.2. The first kappa shape index (κ1) is 11.0. The lowest BCUT2D eigenvalue weighted by Crippen LogP contribution is -2.55. The number of nitrogens with one attached hydrogen (secondary N) is 1. The zero-order valence-electron chi connectivity index (χ0n) is 9.77. The van der Waals surface area contributed by atoms with E-state index in [0.717, 1.165) is 18.7 Å². The maximum absolute atomic E-state index is 8.77. The quantitative estimate of drug-likeness (QED) is 0.775. The van der Waals surface area contributed by atoms with E-state index in [0.29, 0.717) is 12.1 Å². The summed E-state index contributed by atoms with van der Waals surface area (Å²) >= 11 is 0. The van der Waals surface area contributed by atoms with Crippen molar-refractivity contribution in [2.75, 3.05) is 18.0 Å². The van der Waals surface area contributed by atoms with Crippen LogP contribution >= 0.6 is 0 Å². The molecule has 1 heterocycles. The molecular weight excluding hydrogens is 198 g/mol. The van der Waals surface area contributed by atoms with Gasteiger partial charge in [-0.1, -0.05) is 0 Å². The van der Waals surface area contributed by atoms with Gasteiger partial charge in [-0.2, -0.15) is 5.26 Å². The molecule has 0 saturated carbocycles. The molecule has 1 aliphatic heterocycles. The molecule has 1 N–H and O–H groups in total. The highest BCUT2D eigenvalue weighted by Gasteiger charge is 2.24. The van der Waals surface area contributed by atoms with Gasteiger partial charge in [-0.3, -0.25) is 0 Å². The van der Waals surface area contributed by atoms with Crippen molar-refractivity contribution in [1.82, 2.24) is 5.32 Å². The summed E-state index contributed by atoms with van der Waals surface area (Å²) < 4.78 is 0. The number of piperazine rings is 1. The minimum absolute atomic E-state index is 0.497. The van der Waals surface area contributed by atoms with E-state index in [1.165, 1.54) is 5.69 Å². The molecule has 0 bridgehead atoms. The van der Waals surface area contributed by atoms with Gasteiger partial charge in [0.05, 0.1) is 11.6 Å². The summed E-state index contributed by atoms with van der Waals surface area (Å²) in [4.78, 5) is 2.41. The van der Waals surface area contributed by atoms with Gasteiger partial charge in [-0.25, -0.2) is 0 Å². The first-order chi connectivity index (χ1) is 7.72. The summed E-state index contributed by atoms with van der Waals surface area (Å²) in [6.07, 6.45) is 0. The van der Waals surface area contributed by atoms with Crippen molar-refractivity contribution < 1.29 is 0 Å². The van der Waals surface area contributed by atoms with Crippen LogP contribution < -0.4 is 10.2 Å². The van der Waals surface area contributed by atoms with Gasteiger partial charge in [0.25, 0.3) is 0 Å². The Hall–Kier alpha value is -1.53. The Kier molecular flexibility index (Phi) is 3.12. The maximum Gasteiger partial charge on any atom is 0.0991 e. The number of hydrogen-bond donors (Lipinski definition) is 1. The van der Waals surface area contributed by atoms with Crippen molar-refractivity contribution in [2.24, 2.45) is 0 Å². The molecule has 0 amide bonds. The van der Waals surface area contributed by atoms with Crippen LogP contribution in [0.1, 0.15) is 19.4 Å². The Morgan fingerprint density at radius 3 is 2.25 bits per heavy atom. The number of nitriles is 1. The fourth-order valence-electron chi connectivity index (χ4n) is 2.35. The third-order valence-corrected chi connectivity index (χ3v) is 3.12. The van der Waals surface area contributed by atoms with Crippen molar-refractivity contribution in [2.45, 2.75) is 25.9 Å². The zero-order valence-corrected chi connectivity index (χ0v) is 9.77. The van der Waals surface area contributed by atoms with Gasteiger partial charge in [0.15, 0.2) is 0 Å². The highest BCUT2D eigenvalue weighted by atomic mass is 15.2. The van der Waals surface area contributed by atoms with Crippen molar-refractivity contribution in [3.63, 3.8) is 0 Å². The molecule has 0 radical (unpaired) electrons. The standard InChI is InChI=1S/C13H17N3/c1-10-8-15-9-11(2)16(10)13-5-3-12(7-14)4-6-13/h3-6,10-11,15H,8-9H2,1-2H3/t10-,11-/m1/s1. The van der Waals surface area contributed by atoms with E-state index in [-0.39, 0.29) is 0 Å². The molecule has 3 heteroatoms. The minimum atomic E-state index is 0.497. The van der Waals surface area contributed by atoms with Crippen LogP contribution in [0.5, 0.6) is 0 Å². The van der Waals surface area contributed by atoms with Crippen LogP contribution in [-0.2, 0) is 0 Å². The average Bonchev–Trinajstić information content (AvgIpc) is 2.30. The SMILES string of the molecule is C[C@@H]1CNC[C@@H](C)N1c1ccc(C#N)cc1. The molecule has 3 nitrogen and oxygen atoms in total. The highest BCUT2D eigenvalue weighted by molar-refractivity contribution is 5.51. The Labute approximate surface area is 96.7 Å². The first-order valence-electron chi connectivity index (χ1n) is 5.71. The lowest BCUT2D eigenvalue weighted by molar-refractivity contribution is 0.432. The third kappa shape index (κ3) is 2.02. The van der Waals surface area contributed by atoms with Crippen molar-refractivity contribution in [3.8, 4) is 6.07 Å². The molecule has 16 heavy (non-hydrogen) atoms. The number of rotatable bonds is 1. The number of hydrogen-bond acceptors (Lipinski definition) is 3. The minimum Gasteiger partial charge on any atom is -0.364 e. The lowest BCUT2D eigenvalue weighted by Gasteiger charge is -2.41. The van der Waals surface area contributed by atoms with Crippen LogP contribution in [0.3, 0.4) is 0 Å². The second kappa shape index (κ2) is 4.54. The molecule has 0 aliphatic carbocycles. The predicted octanol–water partition coefficient (Wildman–Crippen LogP) is 1.74. The zero-order chi connectivity index (χ0) is 11.5. The molecular formula is C13H17N3. The summed E-state index contributed by atoms with van der Waals surface area (Å²) in [5.74, 6) is 0. The van der Waals surface area contributed by atoms with Crippen molar-refractivity contribution >= 4 is 5.69 Å². The summed E-state index contributed by atoms with van der Waals surface area (Å²) in [7, 11) is 0. The third-order valence-electron chi connectivity index (χ3n) is 3.12. The Morgan fingerprint density at radius 1 is 1.19 bits per heavy atom. The second-order valence-electron chi connectivity index (χ2n) is 4.42. The molecule has 1 aromatic carbocycles. The topological polar surface area (TPSA) is 39.1 Å². The van der Waals surface area contributed by atoms with Gasteiger partial charge in [0, 0.05) is 30.9 Å². The molecule has 0 spiro atoms. The fourth-order valence-corrected chi connectivity index (χ4v) is 2.35. The van der Waals surface area contributed by atoms with E-state index < -0.39 is 0 Å². The van der Waals surface area contributed by atoms with E-state index in [4.69, 9.17) is 5.26 Å². The Bertz CT molecular complexity index is 381. The van der Waals surface area contributed by atoms with E-state index in [1.54, 1.807) is 0 Å². The average molecular weight is 215 g/mol. The summed E-state index contributed by atoms with van der Waals surface area (Å²) in [5.41, 5.74) is 1.93. The first-order valence-corrected chi connectivity index (χ1v) is 5.71. The highest BCUT2D eigenvalue weighted by Crippen LogP contribution is 2.22. The summed E-state index contributed by atoms with van der Waals surface area (Å²) in [6.45, 7) is 6.48. The molecule has 84 valence electrons. The van der Waals surface area contributed by atoms with Crippen LogP contribution in [0.2, 0.25) is 0 Å². The van der Waals surface area contributed by atoms with Gasteiger partial charge < -0.3 is 10.2 Å². The molecule has 0 aromatic heterocycles. The Balaban J connectivity index is 2.24. The van der Waals surface area contributed by atoms with Gasteiger partial charge in [0.1, 0.15) is 0 Å². The lowest BCUT2D eigenvalue weighted by atomic mass is 10.1. The van der Waals surface area contributed by atoms with Crippen LogP contribution in [0.25, 0.3) is 0 Å². The van der Waals surface area contributed by atoms with Crippen LogP contribution in [0, 0.1) is 11.3 Å². The normalized spacial score (nSPS) is 25.2. The van der Waals surface area contributed by atoms with Crippen LogP contribution in [-0.4, -0.2) is 25.2 Å². The summed E-state index contributed by atoms with van der Waals surface area (Å²) in [6, 6.07) is 11.0. The monoisotopic (exact) mass is 215 g/mol. The molecule has 2 atom stereocenters. The van der Waals surface area contributed by atoms with Crippen molar-refractivity contribution in [1.29, 1.82) is 5.26 Å².